The Kier molecular flexibility index (Phi) is 5.47. The Morgan fingerprint density at radius 3 is 2.80 bits per heavy atom. The largest absolute Gasteiger partial charge is 0.370 e. The monoisotopic (exact) mass is 225 g/mol. The highest BCUT2D eigenvalue weighted by Gasteiger charge is 2.01. The van der Waals surface area contributed by atoms with Gasteiger partial charge in [0.25, 0.3) is 0 Å². The summed E-state index contributed by atoms with van der Waals surface area (Å²) in [5.74, 6) is 2.91. The smallest absolute Gasteiger partial charge is 0.130 e. The molecule has 0 amide bonds. The molecule has 4 heteroatoms. The van der Waals surface area contributed by atoms with Gasteiger partial charge in [-0.25, -0.2) is 9.97 Å². The summed E-state index contributed by atoms with van der Waals surface area (Å²) >= 11 is 1.81. The standard InChI is InChI=1S/C11H19N3S/c1-4-6-7-15-11-8-10(12-5-2)13-9(3)14-11/h8H,4-7H2,1-3H3,(H,12,13,14). The number of aromatic nitrogens is 2. The molecule has 15 heavy (non-hydrogen) atoms. The van der Waals surface area contributed by atoms with Crippen molar-refractivity contribution in [2.45, 2.75) is 38.6 Å². The molecule has 0 aliphatic heterocycles. The second-order valence-electron chi connectivity index (χ2n) is 3.37. The molecule has 1 aromatic rings. The minimum absolute atomic E-state index is 0.840. The second-order valence-corrected chi connectivity index (χ2v) is 4.49. The number of rotatable bonds is 6. The van der Waals surface area contributed by atoms with Gasteiger partial charge in [0, 0.05) is 12.6 Å². The number of aryl methyl sites for hydroxylation is 1. The topological polar surface area (TPSA) is 37.8 Å². The molecule has 0 saturated carbocycles. The van der Waals surface area contributed by atoms with Crippen LogP contribution >= 0.6 is 11.8 Å². The molecule has 0 spiro atoms. The van der Waals surface area contributed by atoms with E-state index in [2.05, 4.69) is 29.1 Å². The fourth-order valence-electron chi connectivity index (χ4n) is 1.21. The third kappa shape index (κ3) is 4.51. The van der Waals surface area contributed by atoms with Crippen molar-refractivity contribution in [3.63, 3.8) is 0 Å². The van der Waals surface area contributed by atoms with Gasteiger partial charge in [-0.1, -0.05) is 13.3 Å². The fraction of sp³-hybridized carbons (Fsp3) is 0.636. The molecule has 84 valence electrons. The highest BCUT2D eigenvalue weighted by molar-refractivity contribution is 7.99. The number of nitrogens with zero attached hydrogens (tertiary/aromatic N) is 2. The summed E-state index contributed by atoms with van der Waals surface area (Å²) in [5, 5.41) is 4.29. The molecule has 1 rings (SSSR count). The van der Waals surface area contributed by atoms with Crippen molar-refractivity contribution in [3.05, 3.63) is 11.9 Å². The Balaban J connectivity index is 2.62. The molecule has 0 aromatic carbocycles. The summed E-state index contributed by atoms with van der Waals surface area (Å²) in [6.07, 6.45) is 2.47. The van der Waals surface area contributed by atoms with E-state index in [0.29, 0.717) is 0 Å². The van der Waals surface area contributed by atoms with Gasteiger partial charge in [0.1, 0.15) is 16.7 Å². The van der Waals surface area contributed by atoms with Crippen LogP contribution in [0.5, 0.6) is 0 Å². The van der Waals surface area contributed by atoms with Gasteiger partial charge in [0.15, 0.2) is 0 Å². The van der Waals surface area contributed by atoms with Crippen LogP contribution in [0.15, 0.2) is 11.1 Å². The number of unbranched alkanes of at least 4 members (excludes halogenated alkanes) is 1. The Morgan fingerprint density at radius 2 is 2.13 bits per heavy atom. The highest BCUT2D eigenvalue weighted by Crippen LogP contribution is 2.19. The van der Waals surface area contributed by atoms with Crippen molar-refractivity contribution < 1.29 is 0 Å². The minimum Gasteiger partial charge on any atom is -0.370 e. The Morgan fingerprint density at radius 1 is 1.33 bits per heavy atom. The van der Waals surface area contributed by atoms with E-state index in [1.807, 2.05) is 24.8 Å². The lowest BCUT2D eigenvalue weighted by Gasteiger charge is -2.06. The van der Waals surface area contributed by atoms with E-state index >= 15 is 0 Å². The van der Waals surface area contributed by atoms with Crippen LogP contribution in [0.25, 0.3) is 0 Å². The van der Waals surface area contributed by atoms with E-state index in [1.54, 1.807) is 0 Å². The minimum atomic E-state index is 0.840. The molecule has 1 N–H and O–H groups in total. The average molecular weight is 225 g/mol. The third-order valence-electron chi connectivity index (χ3n) is 1.92. The van der Waals surface area contributed by atoms with E-state index < -0.39 is 0 Å². The predicted octanol–water partition coefficient (Wildman–Crippen LogP) is 3.11. The normalized spacial score (nSPS) is 10.3. The van der Waals surface area contributed by atoms with Gasteiger partial charge in [-0.15, -0.1) is 11.8 Å². The first-order valence-electron chi connectivity index (χ1n) is 5.48. The maximum absolute atomic E-state index is 4.40. The first-order valence-corrected chi connectivity index (χ1v) is 6.47. The molecule has 0 saturated heterocycles. The van der Waals surface area contributed by atoms with Crippen LogP contribution in [0.3, 0.4) is 0 Å². The summed E-state index contributed by atoms with van der Waals surface area (Å²) < 4.78 is 0. The molecule has 1 heterocycles. The molecule has 0 atom stereocenters. The van der Waals surface area contributed by atoms with E-state index in [9.17, 15) is 0 Å². The number of nitrogens with one attached hydrogen (secondary N) is 1. The van der Waals surface area contributed by atoms with Crippen LogP contribution in [-0.2, 0) is 0 Å². The van der Waals surface area contributed by atoms with Crippen molar-refractivity contribution in [3.8, 4) is 0 Å². The van der Waals surface area contributed by atoms with Gasteiger partial charge in [0.2, 0.25) is 0 Å². The van der Waals surface area contributed by atoms with Gasteiger partial charge < -0.3 is 5.32 Å². The number of thioether (sulfide) groups is 1. The summed E-state index contributed by atoms with van der Waals surface area (Å²) in [4.78, 5) is 8.72. The average Bonchev–Trinajstić information content (AvgIpc) is 2.18. The summed E-state index contributed by atoms with van der Waals surface area (Å²) in [6.45, 7) is 7.11. The SMILES string of the molecule is CCCCSc1cc(NCC)nc(C)n1. The van der Waals surface area contributed by atoms with Crippen molar-refractivity contribution in [2.75, 3.05) is 17.6 Å². The first kappa shape index (κ1) is 12.3. The number of anilines is 1. The van der Waals surface area contributed by atoms with Crippen LogP contribution in [0.4, 0.5) is 5.82 Å². The van der Waals surface area contributed by atoms with Crippen LogP contribution < -0.4 is 5.32 Å². The Bertz CT molecular complexity index is 302. The highest BCUT2D eigenvalue weighted by atomic mass is 32.2. The van der Waals surface area contributed by atoms with Crippen LogP contribution in [0.1, 0.15) is 32.5 Å². The zero-order valence-corrected chi connectivity index (χ0v) is 10.5. The summed E-state index contributed by atoms with van der Waals surface area (Å²) in [7, 11) is 0. The molecule has 0 unspecified atom stereocenters. The van der Waals surface area contributed by atoms with Crippen molar-refractivity contribution >= 4 is 17.6 Å². The second kappa shape index (κ2) is 6.67. The Hall–Kier alpha value is -0.770. The lowest BCUT2D eigenvalue weighted by atomic mass is 10.4. The van der Waals surface area contributed by atoms with E-state index in [-0.39, 0.29) is 0 Å². The molecular formula is C11H19N3S. The van der Waals surface area contributed by atoms with Crippen molar-refractivity contribution in [1.82, 2.24) is 9.97 Å². The summed E-state index contributed by atoms with van der Waals surface area (Å²) in [5.41, 5.74) is 0. The molecule has 1 aromatic heterocycles. The molecular weight excluding hydrogens is 206 g/mol. The maximum atomic E-state index is 4.40. The van der Waals surface area contributed by atoms with Gasteiger partial charge >= 0.3 is 0 Å². The molecule has 3 nitrogen and oxygen atoms in total. The molecule has 0 bridgehead atoms. The molecule has 0 fully saturated rings. The predicted molar refractivity (Wildman–Crippen MR) is 66.6 cm³/mol. The van der Waals surface area contributed by atoms with Gasteiger partial charge in [-0.2, -0.15) is 0 Å². The third-order valence-corrected chi connectivity index (χ3v) is 2.92. The number of hydrogen-bond acceptors (Lipinski definition) is 4. The summed E-state index contributed by atoms with van der Waals surface area (Å²) in [6, 6.07) is 2.02. The van der Waals surface area contributed by atoms with E-state index in [4.69, 9.17) is 0 Å². The molecule has 0 aliphatic carbocycles. The van der Waals surface area contributed by atoms with Gasteiger partial charge in [-0.05, 0) is 26.0 Å². The number of hydrogen-bond donors (Lipinski definition) is 1. The van der Waals surface area contributed by atoms with E-state index in [1.165, 1.54) is 12.8 Å². The maximum Gasteiger partial charge on any atom is 0.130 e. The van der Waals surface area contributed by atoms with Crippen LogP contribution in [0.2, 0.25) is 0 Å². The fourth-order valence-corrected chi connectivity index (χ4v) is 2.24. The molecule has 0 radical (unpaired) electrons. The van der Waals surface area contributed by atoms with E-state index in [0.717, 1.165) is 29.0 Å². The van der Waals surface area contributed by atoms with Crippen LogP contribution in [-0.4, -0.2) is 22.3 Å². The zero-order chi connectivity index (χ0) is 11.1. The van der Waals surface area contributed by atoms with Crippen LogP contribution in [0, 0.1) is 6.92 Å². The van der Waals surface area contributed by atoms with Gasteiger partial charge in [-0.3, -0.25) is 0 Å². The van der Waals surface area contributed by atoms with Gasteiger partial charge in [0.05, 0.1) is 0 Å². The zero-order valence-electron chi connectivity index (χ0n) is 9.71. The first-order chi connectivity index (χ1) is 7.26. The van der Waals surface area contributed by atoms with Crippen molar-refractivity contribution in [2.24, 2.45) is 0 Å². The molecule has 0 aliphatic rings. The van der Waals surface area contributed by atoms with Crippen molar-refractivity contribution in [1.29, 1.82) is 0 Å². The quantitative estimate of drug-likeness (QED) is 0.458. The lowest BCUT2D eigenvalue weighted by molar-refractivity contribution is 0.891. The Labute approximate surface area is 96.1 Å². The lowest BCUT2D eigenvalue weighted by Crippen LogP contribution is -2.02.